The number of hydrogen-bond acceptors (Lipinski definition) is 4. The van der Waals surface area contributed by atoms with Crippen LogP contribution in [0.5, 0.6) is 0 Å². The Hall–Kier alpha value is -1.10. The van der Waals surface area contributed by atoms with Crippen LogP contribution in [0.1, 0.15) is 38.5 Å². The highest BCUT2D eigenvalue weighted by atomic mass is 16.6. The lowest BCUT2D eigenvalue weighted by atomic mass is 10.0. The molecule has 4 nitrogen and oxygen atoms in total. The number of rotatable bonds is 6. The molecule has 0 aliphatic carbocycles. The zero-order valence-corrected chi connectivity index (χ0v) is 10.4. The van der Waals surface area contributed by atoms with E-state index in [4.69, 9.17) is 15.6 Å². The lowest BCUT2D eigenvalue weighted by molar-refractivity contribution is -0.179. The maximum atomic E-state index is 9.92. The third kappa shape index (κ3) is 4.73. The van der Waals surface area contributed by atoms with Crippen LogP contribution < -0.4 is 5.73 Å². The van der Waals surface area contributed by atoms with E-state index in [2.05, 4.69) is 0 Å². The number of hydrogen-bond donors (Lipinski definition) is 3. The van der Waals surface area contributed by atoms with Crippen LogP contribution in [0.15, 0.2) is 24.3 Å². The largest absolute Gasteiger partial charge is 0.399 e. The van der Waals surface area contributed by atoms with Crippen molar-refractivity contribution in [2.45, 2.75) is 38.6 Å². The molecule has 0 saturated carbocycles. The SMILES string of the molecule is CC(C)(CCCO)OC(O)c1ccc(N)cc1. The third-order valence-corrected chi connectivity index (χ3v) is 2.59. The molecule has 0 aliphatic heterocycles. The van der Waals surface area contributed by atoms with E-state index in [1.165, 1.54) is 0 Å². The summed E-state index contributed by atoms with van der Waals surface area (Å²) in [6, 6.07) is 6.93. The first-order valence-corrected chi connectivity index (χ1v) is 5.77. The second kappa shape index (κ2) is 6.00. The quantitative estimate of drug-likeness (QED) is 0.523. The predicted octanol–water partition coefficient (Wildman–Crippen LogP) is 1.83. The Balaban J connectivity index is 2.58. The minimum absolute atomic E-state index is 0.130. The number of aliphatic hydroxyl groups excluding tert-OH is 2. The van der Waals surface area contributed by atoms with Gasteiger partial charge in [0, 0.05) is 17.9 Å². The summed E-state index contributed by atoms with van der Waals surface area (Å²) in [5, 5.41) is 18.7. The van der Waals surface area contributed by atoms with Crippen LogP contribution in [0, 0.1) is 0 Å². The summed E-state index contributed by atoms with van der Waals surface area (Å²) in [5.74, 6) is 0. The van der Waals surface area contributed by atoms with E-state index < -0.39 is 11.9 Å². The van der Waals surface area contributed by atoms with Gasteiger partial charge in [-0.15, -0.1) is 0 Å². The molecule has 96 valence electrons. The molecule has 0 heterocycles. The van der Waals surface area contributed by atoms with Gasteiger partial charge in [-0.05, 0) is 38.8 Å². The molecule has 0 fully saturated rings. The summed E-state index contributed by atoms with van der Waals surface area (Å²) in [4.78, 5) is 0. The van der Waals surface area contributed by atoms with Gasteiger partial charge in [-0.2, -0.15) is 0 Å². The van der Waals surface area contributed by atoms with Gasteiger partial charge in [0.25, 0.3) is 0 Å². The van der Waals surface area contributed by atoms with Crippen molar-refractivity contribution in [3.8, 4) is 0 Å². The summed E-state index contributed by atoms with van der Waals surface area (Å²) >= 11 is 0. The minimum atomic E-state index is -0.968. The molecule has 0 radical (unpaired) electrons. The standard InChI is InChI=1S/C13H21NO3/c1-13(2,8-3-9-15)17-12(16)10-4-6-11(14)7-5-10/h4-7,12,15-16H,3,8-9,14H2,1-2H3. The first-order valence-electron chi connectivity index (χ1n) is 5.77. The second-order valence-corrected chi connectivity index (χ2v) is 4.72. The van der Waals surface area contributed by atoms with Gasteiger partial charge >= 0.3 is 0 Å². The first kappa shape index (κ1) is 14.0. The van der Waals surface area contributed by atoms with Gasteiger partial charge in [0.1, 0.15) is 0 Å². The van der Waals surface area contributed by atoms with Crippen molar-refractivity contribution >= 4 is 5.69 Å². The minimum Gasteiger partial charge on any atom is -0.399 e. The first-order chi connectivity index (χ1) is 7.94. The van der Waals surface area contributed by atoms with Crippen LogP contribution in [0.3, 0.4) is 0 Å². The molecular weight excluding hydrogens is 218 g/mol. The Morgan fingerprint density at radius 2 is 1.88 bits per heavy atom. The second-order valence-electron chi connectivity index (χ2n) is 4.72. The molecular formula is C13H21NO3. The average Bonchev–Trinajstić information content (AvgIpc) is 2.26. The molecule has 4 N–H and O–H groups in total. The highest BCUT2D eigenvalue weighted by molar-refractivity contribution is 5.39. The molecule has 17 heavy (non-hydrogen) atoms. The molecule has 0 saturated heterocycles. The van der Waals surface area contributed by atoms with Gasteiger partial charge in [0.05, 0.1) is 5.60 Å². The highest BCUT2D eigenvalue weighted by Gasteiger charge is 2.22. The molecule has 0 aromatic heterocycles. The molecule has 0 bridgehead atoms. The molecule has 1 aromatic carbocycles. The van der Waals surface area contributed by atoms with Gasteiger partial charge < -0.3 is 20.7 Å². The van der Waals surface area contributed by atoms with Gasteiger partial charge in [0.15, 0.2) is 6.29 Å². The third-order valence-electron chi connectivity index (χ3n) is 2.59. The number of benzene rings is 1. The molecule has 4 heteroatoms. The molecule has 0 spiro atoms. The number of anilines is 1. The van der Waals surface area contributed by atoms with Gasteiger partial charge in [-0.3, -0.25) is 0 Å². The lowest BCUT2D eigenvalue weighted by Gasteiger charge is -2.28. The Labute approximate surface area is 102 Å². The normalized spacial score (nSPS) is 13.6. The smallest absolute Gasteiger partial charge is 0.181 e. The Morgan fingerprint density at radius 3 is 2.41 bits per heavy atom. The van der Waals surface area contributed by atoms with Gasteiger partial charge in [0.2, 0.25) is 0 Å². The molecule has 0 aliphatic rings. The number of nitrogen functional groups attached to an aromatic ring is 1. The Kier molecular flexibility index (Phi) is 4.93. The summed E-state index contributed by atoms with van der Waals surface area (Å²) in [7, 11) is 0. The Bertz CT molecular complexity index is 335. The maximum absolute atomic E-state index is 9.92. The molecule has 1 unspecified atom stereocenters. The number of aliphatic hydroxyl groups is 2. The fourth-order valence-electron chi connectivity index (χ4n) is 1.59. The fraction of sp³-hybridized carbons (Fsp3) is 0.538. The van der Waals surface area contributed by atoms with Crippen molar-refractivity contribution in [1.82, 2.24) is 0 Å². The van der Waals surface area contributed by atoms with E-state index in [0.29, 0.717) is 24.1 Å². The van der Waals surface area contributed by atoms with Crippen molar-refractivity contribution in [2.75, 3.05) is 12.3 Å². The van der Waals surface area contributed by atoms with Gasteiger partial charge in [-0.25, -0.2) is 0 Å². The molecule has 1 atom stereocenters. The van der Waals surface area contributed by atoms with E-state index in [9.17, 15) is 5.11 Å². The van der Waals surface area contributed by atoms with Crippen LogP contribution in [0.2, 0.25) is 0 Å². The fourth-order valence-corrected chi connectivity index (χ4v) is 1.59. The number of nitrogens with two attached hydrogens (primary N) is 1. The van der Waals surface area contributed by atoms with Crippen LogP contribution >= 0.6 is 0 Å². The van der Waals surface area contributed by atoms with Crippen LogP contribution in [0.4, 0.5) is 5.69 Å². The van der Waals surface area contributed by atoms with Crippen LogP contribution in [0.25, 0.3) is 0 Å². The monoisotopic (exact) mass is 239 g/mol. The van der Waals surface area contributed by atoms with Crippen molar-refractivity contribution in [3.05, 3.63) is 29.8 Å². The van der Waals surface area contributed by atoms with Crippen LogP contribution in [-0.2, 0) is 4.74 Å². The van der Waals surface area contributed by atoms with E-state index >= 15 is 0 Å². The zero-order chi connectivity index (χ0) is 12.9. The van der Waals surface area contributed by atoms with E-state index in [1.54, 1.807) is 24.3 Å². The van der Waals surface area contributed by atoms with E-state index in [-0.39, 0.29) is 6.61 Å². The van der Waals surface area contributed by atoms with Crippen LogP contribution in [-0.4, -0.2) is 22.4 Å². The molecule has 1 rings (SSSR count). The van der Waals surface area contributed by atoms with Gasteiger partial charge in [-0.1, -0.05) is 12.1 Å². The van der Waals surface area contributed by atoms with E-state index in [1.807, 2.05) is 13.8 Å². The zero-order valence-electron chi connectivity index (χ0n) is 10.4. The Morgan fingerprint density at radius 1 is 1.29 bits per heavy atom. The van der Waals surface area contributed by atoms with Crippen molar-refractivity contribution < 1.29 is 14.9 Å². The maximum Gasteiger partial charge on any atom is 0.181 e. The highest BCUT2D eigenvalue weighted by Crippen LogP contribution is 2.25. The topological polar surface area (TPSA) is 75.7 Å². The van der Waals surface area contributed by atoms with Crippen molar-refractivity contribution in [3.63, 3.8) is 0 Å². The van der Waals surface area contributed by atoms with Crippen molar-refractivity contribution in [1.29, 1.82) is 0 Å². The number of ether oxygens (including phenoxy) is 1. The summed E-state index contributed by atoms with van der Waals surface area (Å²) in [6.45, 7) is 3.91. The van der Waals surface area contributed by atoms with E-state index in [0.717, 1.165) is 0 Å². The van der Waals surface area contributed by atoms with Crippen molar-refractivity contribution in [2.24, 2.45) is 0 Å². The summed E-state index contributed by atoms with van der Waals surface area (Å²) in [5.41, 5.74) is 6.43. The summed E-state index contributed by atoms with van der Waals surface area (Å²) < 4.78 is 5.57. The predicted molar refractivity (Wildman–Crippen MR) is 67.3 cm³/mol. The lowest BCUT2D eigenvalue weighted by Crippen LogP contribution is -2.27. The molecule has 0 amide bonds. The summed E-state index contributed by atoms with van der Waals surface area (Å²) in [6.07, 6.45) is 0.376. The average molecular weight is 239 g/mol. The molecule has 1 aromatic rings.